The molecule has 3 aliphatic rings. The quantitative estimate of drug-likeness (QED) is 0.143. The van der Waals surface area contributed by atoms with Crippen molar-refractivity contribution in [2.75, 3.05) is 5.43 Å². The van der Waals surface area contributed by atoms with E-state index < -0.39 is 0 Å². The molecule has 0 unspecified atom stereocenters. The van der Waals surface area contributed by atoms with Crippen molar-refractivity contribution in [1.82, 2.24) is 31.1 Å². The second-order valence-corrected chi connectivity index (χ2v) is 13.2. The van der Waals surface area contributed by atoms with Gasteiger partial charge in [-0.3, -0.25) is 40.7 Å². The van der Waals surface area contributed by atoms with Crippen LogP contribution in [0.5, 0.6) is 0 Å². The molecular formula is C31H38Cl2N8O3. The van der Waals surface area contributed by atoms with Crippen LogP contribution in [0.25, 0.3) is 10.9 Å². The molecule has 4 atom stereocenters. The van der Waals surface area contributed by atoms with Crippen LogP contribution in [-0.2, 0) is 22.6 Å². The van der Waals surface area contributed by atoms with Crippen molar-refractivity contribution in [3.05, 3.63) is 62.4 Å². The van der Waals surface area contributed by atoms with E-state index in [1.54, 1.807) is 30.3 Å². The molecule has 1 aromatic heterocycles. The van der Waals surface area contributed by atoms with Crippen LogP contribution < -0.4 is 32.6 Å². The highest BCUT2D eigenvalue weighted by Gasteiger charge is 2.56. The first kappa shape index (κ1) is 31.6. The molecule has 44 heavy (non-hydrogen) atoms. The number of aryl methyl sites for hydroxylation is 1. The Morgan fingerprint density at radius 2 is 1.80 bits per heavy atom. The number of halogens is 2. The summed E-state index contributed by atoms with van der Waals surface area (Å²) in [6.45, 7) is 9.98. The maximum absolute atomic E-state index is 13.7. The zero-order valence-corrected chi connectivity index (χ0v) is 26.9. The van der Waals surface area contributed by atoms with Crippen LogP contribution in [0.15, 0.2) is 46.2 Å². The number of aliphatic imine (C=N–C) groups is 1. The molecule has 0 saturated heterocycles. The van der Waals surface area contributed by atoms with Gasteiger partial charge in [0, 0.05) is 36.5 Å². The molecule has 0 aliphatic heterocycles. The van der Waals surface area contributed by atoms with Crippen LogP contribution >= 0.6 is 23.2 Å². The number of hydrazine groups is 2. The van der Waals surface area contributed by atoms with Gasteiger partial charge in [-0.15, -0.1) is 0 Å². The number of carbonyl (C=O) groups excluding carboxylic acids is 2. The van der Waals surface area contributed by atoms with E-state index in [0.29, 0.717) is 62.2 Å². The Morgan fingerprint density at radius 3 is 2.45 bits per heavy atom. The second kappa shape index (κ2) is 12.6. The third kappa shape index (κ3) is 6.63. The summed E-state index contributed by atoms with van der Waals surface area (Å²) in [6, 6.07) is 10.5. The number of anilines is 1. The monoisotopic (exact) mass is 640 g/mol. The minimum absolute atomic E-state index is 0.163. The van der Waals surface area contributed by atoms with Crippen LogP contribution in [0.4, 0.5) is 11.6 Å². The first-order valence-corrected chi connectivity index (χ1v) is 15.5. The maximum Gasteiger partial charge on any atom is 0.262 e. The van der Waals surface area contributed by atoms with E-state index in [1.165, 1.54) is 24.8 Å². The van der Waals surface area contributed by atoms with Gasteiger partial charge in [0.05, 0.1) is 16.6 Å². The van der Waals surface area contributed by atoms with Gasteiger partial charge in [-0.1, -0.05) is 50.0 Å². The van der Waals surface area contributed by atoms with Crippen molar-refractivity contribution < 1.29 is 9.59 Å². The largest absolute Gasteiger partial charge is 0.352 e. The normalized spacial score (nSPS) is 22.1. The molecule has 1 heterocycles. The van der Waals surface area contributed by atoms with E-state index in [-0.39, 0.29) is 35.9 Å². The lowest BCUT2D eigenvalue weighted by atomic mass is 9.45. The zero-order valence-electron chi connectivity index (χ0n) is 25.4. The summed E-state index contributed by atoms with van der Waals surface area (Å²) in [4.78, 5) is 46.5. The van der Waals surface area contributed by atoms with E-state index in [2.05, 4.69) is 52.8 Å². The molecule has 234 valence electrons. The molecule has 2 aromatic carbocycles. The Bertz CT molecular complexity index is 1690. The minimum atomic E-state index is -0.345. The number of benzene rings is 2. The third-order valence-electron chi connectivity index (χ3n) is 9.18. The third-order valence-corrected chi connectivity index (χ3v) is 9.77. The van der Waals surface area contributed by atoms with Crippen molar-refractivity contribution in [2.24, 2.45) is 28.2 Å². The Morgan fingerprint density at radius 1 is 1.05 bits per heavy atom. The number of amides is 2. The molecule has 3 saturated carbocycles. The summed E-state index contributed by atoms with van der Waals surface area (Å²) in [5, 5.41) is 4.92. The molecule has 0 spiro atoms. The van der Waals surface area contributed by atoms with Crippen molar-refractivity contribution in [1.29, 1.82) is 0 Å². The smallest absolute Gasteiger partial charge is 0.262 e. The van der Waals surface area contributed by atoms with Crippen LogP contribution in [0.2, 0.25) is 10.0 Å². The van der Waals surface area contributed by atoms with E-state index >= 15 is 0 Å². The first-order valence-electron chi connectivity index (χ1n) is 14.7. The molecule has 3 aliphatic carbocycles. The number of fused-ring (bicyclic) bond motifs is 3. The van der Waals surface area contributed by atoms with E-state index in [1.807, 2.05) is 6.07 Å². The minimum Gasteiger partial charge on any atom is -0.352 e. The highest BCUT2D eigenvalue weighted by atomic mass is 35.5. The Labute approximate surface area is 266 Å². The number of nitrogens with zero attached hydrogens (tertiary/aromatic N) is 3. The molecule has 0 radical (unpaired) electrons. The van der Waals surface area contributed by atoms with E-state index in [9.17, 15) is 14.4 Å². The summed E-state index contributed by atoms with van der Waals surface area (Å²) >= 11 is 12.4. The summed E-state index contributed by atoms with van der Waals surface area (Å²) < 4.78 is 1.45. The average Bonchev–Trinajstić information content (AvgIpc) is 2.95. The van der Waals surface area contributed by atoms with E-state index in [4.69, 9.17) is 28.2 Å². The molecule has 5 N–H and O–H groups in total. The van der Waals surface area contributed by atoms with Gasteiger partial charge in [-0.25, -0.2) is 9.98 Å². The summed E-state index contributed by atoms with van der Waals surface area (Å²) in [5.74, 6) is 1.66. The SMILES string of the molecule is CC(=O)NNC(=Nc1ccc2c(=O)n(CCc3ccc(Cl)cc3Cl)c(NNC(C)=O)nc2c1)N[C@H]1C[C@H]2C[C@H]([C@H]1C)C2(C)C. The number of nitrogens with one attached hydrogen (secondary N) is 5. The van der Waals surface area contributed by atoms with Crippen molar-refractivity contribution in [3.8, 4) is 0 Å². The highest BCUT2D eigenvalue weighted by Crippen LogP contribution is 2.61. The van der Waals surface area contributed by atoms with E-state index in [0.717, 1.165) is 12.0 Å². The van der Waals surface area contributed by atoms with Gasteiger partial charge in [0.25, 0.3) is 5.56 Å². The number of hydrogen-bond acceptors (Lipinski definition) is 6. The average molecular weight is 642 g/mol. The summed E-state index contributed by atoms with van der Waals surface area (Å²) in [6.07, 6.45) is 2.69. The molecular weight excluding hydrogens is 603 g/mol. The van der Waals surface area contributed by atoms with Crippen molar-refractivity contribution >= 4 is 63.5 Å². The van der Waals surface area contributed by atoms with Gasteiger partial charge >= 0.3 is 0 Å². The predicted molar refractivity (Wildman–Crippen MR) is 174 cm³/mol. The van der Waals surface area contributed by atoms with Crippen LogP contribution in [0.1, 0.15) is 53.0 Å². The fraction of sp³-hybridized carbons (Fsp3) is 0.452. The fourth-order valence-electron chi connectivity index (χ4n) is 6.57. The summed E-state index contributed by atoms with van der Waals surface area (Å²) in [7, 11) is 0. The maximum atomic E-state index is 13.7. The van der Waals surface area contributed by atoms with Crippen molar-refractivity contribution in [2.45, 2.75) is 66.5 Å². The molecule has 2 bridgehead atoms. The van der Waals surface area contributed by atoms with Crippen LogP contribution in [0.3, 0.4) is 0 Å². The lowest BCUT2D eigenvalue weighted by molar-refractivity contribution is -0.120. The summed E-state index contributed by atoms with van der Waals surface area (Å²) in [5.41, 5.74) is 12.6. The Balaban J connectivity index is 1.45. The van der Waals surface area contributed by atoms with Gasteiger partial charge in [-0.05, 0) is 78.3 Å². The Kier molecular flexibility index (Phi) is 9.08. The molecule has 3 fully saturated rings. The topological polar surface area (TPSA) is 142 Å². The number of guanidine groups is 1. The molecule has 6 rings (SSSR count). The number of rotatable bonds is 7. The lowest BCUT2D eigenvalue weighted by Gasteiger charge is -2.62. The van der Waals surface area contributed by atoms with Crippen molar-refractivity contribution in [3.63, 3.8) is 0 Å². The number of hydrogen-bond donors (Lipinski definition) is 5. The second-order valence-electron chi connectivity index (χ2n) is 12.4. The standard InChI is InChI=1S/C31H38Cl2N8O3/c1-16-24-12-20(31(24,4)5)13-26(16)35-29(39-37-17(2)42)34-22-8-9-23-27(15-22)36-30(40-38-18(3)43)41(28(23)44)11-10-19-6-7-21(32)14-25(19)33/h6-9,14-16,20,24,26H,10-13H2,1-5H3,(H,36,40)(H,37,42)(H,38,43)(H2,34,35,39)/t16-,20-,24-,26+/m1/s1. The number of aromatic nitrogens is 2. The first-order chi connectivity index (χ1) is 20.8. The van der Waals surface area contributed by atoms with Gasteiger partial charge in [0.1, 0.15) is 0 Å². The highest BCUT2D eigenvalue weighted by molar-refractivity contribution is 6.35. The fourth-order valence-corrected chi connectivity index (χ4v) is 7.07. The molecule has 3 aromatic rings. The lowest BCUT2D eigenvalue weighted by Crippen LogP contribution is -2.62. The Hall–Kier alpha value is -3.83. The zero-order chi connectivity index (χ0) is 31.8. The van der Waals surface area contributed by atoms with Crippen LogP contribution in [0, 0.1) is 23.2 Å². The molecule has 11 nitrogen and oxygen atoms in total. The molecule has 13 heteroatoms. The van der Waals surface area contributed by atoms with Gasteiger partial charge in [0.2, 0.25) is 23.7 Å². The number of carbonyl (C=O) groups is 2. The molecule has 2 amide bonds. The van der Waals surface area contributed by atoms with Crippen LogP contribution in [-0.4, -0.2) is 33.4 Å². The van der Waals surface area contributed by atoms with Gasteiger partial charge < -0.3 is 5.32 Å². The van der Waals surface area contributed by atoms with Gasteiger partial charge in [-0.2, -0.15) is 0 Å². The van der Waals surface area contributed by atoms with Gasteiger partial charge in [0.15, 0.2) is 0 Å². The predicted octanol–water partition coefficient (Wildman–Crippen LogP) is 4.70.